The first-order valence-electron chi connectivity index (χ1n) is 5.62. The van der Waals surface area contributed by atoms with E-state index in [0.29, 0.717) is 12.2 Å². The van der Waals surface area contributed by atoms with Gasteiger partial charge in [-0.05, 0) is 25.8 Å². The van der Waals surface area contributed by atoms with Gasteiger partial charge in [0, 0.05) is 52.7 Å². The number of carbonyl (C=O) groups is 1. The van der Waals surface area contributed by atoms with Gasteiger partial charge in [0.05, 0.1) is 0 Å². The molecule has 1 aliphatic rings. The van der Waals surface area contributed by atoms with Crippen LogP contribution in [0, 0.1) is 0 Å². The van der Waals surface area contributed by atoms with Crippen LogP contribution in [0.15, 0.2) is 12.3 Å². The number of carbonyl (C=O) groups excluding carboxylic acids is 1. The third kappa shape index (κ3) is 2.12. The fourth-order valence-electron chi connectivity index (χ4n) is 2.38. The molecule has 0 aromatic carbocycles. The van der Waals surface area contributed by atoms with E-state index in [1.807, 2.05) is 12.3 Å². The zero-order valence-electron chi connectivity index (χ0n) is 9.73. The van der Waals surface area contributed by atoms with Crippen LogP contribution in [0.4, 0.5) is 0 Å². The maximum Gasteiger partial charge on any atom is 0.164 e. The minimum atomic E-state index is -0.796. The predicted octanol–water partition coefficient (Wildman–Crippen LogP) is 1.95. The molecule has 0 bridgehead atoms. The van der Waals surface area contributed by atoms with Gasteiger partial charge >= 0.3 is 0 Å². The molecular formula is C12H17NO2S. The van der Waals surface area contributed by atoms with Gasteiger partial charge in [-0.15, -0.1) is 0 Å². The van der Waals surface area contributed by atoms with Gasteiger partial charge < -0.3 is 4.57 Å². The molecule has 0 fully saturated rings. The van der Waals surface area contributed by atoms with Crippen molar-refractivity contribution in [3.63, 3.8) is 0 Å². The molecule has 0 saturated carbocycles. The Hall–Kier alpha value is -0.900. The largest absolute Gasteiger partial charge is 0.347 e. The third-order valence-electron chi connectivity index (χ3n) is 3.09. The summed E-state index contributed by atoms with van der Waals surface area (Å²) in [7, 11) is -0.796. The van der Waals surface area contributed by atoms with Gasteiger partial charge in [-0.25, -0.2) is 0 Å². The second-order valence-corrected chi connectivity index (χ2v) is 5.93. The highest BCUT2D eigenvalue weighted by Crippen LogP contribution is 2.25. The summed E-state index contributed by atoms with van der Waals surface area (Å²) >= 11 is 0. The van der Waals surface area contributed by atoms with Crippen LogP contribution in [0.25, 0.3) is 0 Å². The van der Waals surface area contributed by atoms with E-state index in [-0.39, 0.29) is 11.8 Å². The Morgan fingerprint density at radius 3 is 2.94 bits per heavy atom. The molecule has 16 heavy (non-hydrogen) atoms. The topological polar surface area (TPSA) is 39.1 Å². The van der Waals surface area contributed by atoms with Crippen molar-refractivity contribution in [3.05, 3.63) is 23.5 Å². The molecular weight excluding hydrogens is 222 g/mol. The van der Waals surface area contributed by atoms with E-state index in [4.69, 9.17) is 0 Å². The summed E-state index contributed by atoms with van der Waals surface area (Å²) in [6.45, 7) is 2.06. The second-order valence-electron chi connectivity index (χ2n) is 4.45. The number of rotatable bonds is 3. The Labute approximate surface area is 98.3 Å². The molecule has 1 aliphatic carbocycles. The maximum atomic E-state index is 11.7. The summed E-state index contributed by atoms with van der Waals surface area (Å²) < 4.78 is 13.3. The van der Waals surface area contributed by atoms with E-state index in [2.05, 4.69) is 11.5 Å². The first-order valence-corrected chi connectivity index (χ1v) is 7.35. The lowest BCUT2D eigenvalue weighted by Gasteiger charge is -2.19. The summed E-state index contributed by atoms with van der Waals surface area (Å²) in [6.07, 6.45) is 6.26. The maximum absolute atomic E-state index is 11.7. The smallest absolute Gasteiger partial charge is 0.164 e. The van der Waals surface area contributed by atoms with E-state index in [1.54, 1.807) is 6.26 Å². The van der Waals surface area contributed by atoms with Crippen molar-refractivity contribution in [3.8, 4) is 0 Å². The summed E-state index contributed by atoms with van der Waals surface area (Å²) in [5.41, 5.74) is 2.01. The molecule has 2 rings (SSSR count). The van der Waals surface area contributed by atoms with Crippen molar-refractivity contribution in [2.75, 3.05) is 12.0 Å². The predicted molar refractivity (Wildman–Crippen MR) is 65.3 cm³/mol. The molecule has 3 nitrogen and oxygen atoms in total. The lowest BCUT2D eigenvalue weighted by Crippen LogP contribution is -2.18. The van der Waals surface area contributed by atoms with Crippen LogP contribution >= 0.6 is 0 Å². The van der Waals surface area contributed by atoms with Crippen LogP contribution in [0.2, 0.25) is 0 Å². The fraction of sp³-hybridized carbons (Fsp3) is 0.583. The van der Waals surface area contributed by atoms with Crippen molar-refractivity contribution in [1.82, 2.24) is 4.57 Å². The molecule has 1 aromatic heterocycles. The minimum Gasteiger partial charge on any atom is -0.347 e. The van der Waals surface area contributed by atoms with Gasteiger partial charge in [-0.3, -0.25) is 9.00 Å². The number of nitrogens with zero attached hydrogens (tertiary/aromatic N) is 1. The number of ketones is 1. The van der Waals surface area contributed by atoms with Crippen LogP contribution in [-0.2, 0) is 17.2 Å². The van der Waals surface area contributed by atoms with Crippen LogP contribution in [-0.4, -0.2) is 26.6 Å². The highest BCUT2D eigenvalue weighted by Gasteiger charge is 2.22. The Balaban J connectivity index is 2.29. The Bertz CT molecular complexity index is 436. The standard InChI is InChI=1S/C12H17NO2S/c1-9(8-16(2)15)13-7-6-10-11(13)4-3-5-12(10)14/h6-7,9H,3-5,8H2,1-2H3. The quantitative estimate of drug-likeness (QED) is 0.808. The van der Waals surface area contributed by atoms with Gasteiger partial charge in [0.2, 0.25) is 0 Å². The molecule has 0 radical (unpaired) electrons. The van der Waals surface area contributed by atoms with Crippen molar-refractivity contribution in [2.45, 2.75) is 32.2 Å². The summed E-state index contributed by atoms with van der Waals surface area (Å²) in [5.74, 6) is 0.903. The molecule has 2 unspecified atom stereocenters. The van der Waals surface area contributed by atoms with Crippen molar-refractivity contribution >= 4 is 16.6 Å². The molecule has 0 saturated heterocycles. The zero-order valence-corrected chi connectivity index (χ0v) is 10.5. The first-order chi connectivity index (χ1) is 7.59. The Kier molecular flexibility index (Phi) is 3.28. The molecule has 88 valence electrons. The highest BCUT2D eigenvalue weighted by molar-refractivity contribution is 7.84. The molecule has 1 heterocycles. The number of hydrogen-bond acceptors (Lipinski definition) is 2. The van der Waals surface area contributed by atoms with Gasteiger partial charge in [0.25, 0.3) is 0 Å². The first kappa shape index (κ1) is 11.6. The molecule has 0 spiro atoms. The average Bonchev–Trinajstić information content (AvgIpc) is 2.61. The zero-order chi connectivity index (χ0) is 11.7. The van der Waals surface area contributed by atoms with E-state index in [9.17, 15) is 9.00 Å². The lowest BCUT2D eigenvalue weighted by atomic mass is 9.96. The number of Topliss-reactive ketones (excluding diaryl/α,β-unsaturated/α-hetero) is 1. The van der Waals surface area contributed by atoms with E-state index >= 15 is 0 Å². The molecule has 1 aromatic rings. The number of hydrogen-bond donors (Lipinski definition) is 0. The van der Waals surface area contributed by atoms with E-state index in [0.717, 1.165) is 24.1 Å². The average molecular weight is 239 g/mol. The van der Waals surface area contributed by atoms with Crippen molar-refractivity contribution in [1.29, 1.82) is 0 Å². The normalized spacial score (nSPS) is 19.2. The summed E-state index contributed by atoms with van der Waals surface area (Å²) in [4.78, 5) is 11.7. The summed E-state index contributed by atoms with van der Waals surface area (Å²) in [6, 6.07) is 2.12. The lowest BCUT2D eigenvalue weighted by molar-refractivity contribution is 0.0971. The van der Waals surface area contributed by atoms with Crippen LogP contribution in [0.3, 0.4) is 0 Å². The minimum absolute atomic E-state index is 0.209. The highest BCUT2D eigenvalue weighted by atomic mass is 32.2. The van der Waals surface area contributed by atoms with Gasteiger partial charge in [0.15, 0.2) is 5.78 Å². The monoisotopic (exact) mass is 239 g/mol. The SMILES string of the molecule is CC(CS(C)=O)n1ccc2c1CCCC2=O. The van der Waals surface area contributed by atoms with Gasteiger partial charge in [-0.2, -0.15) is 0 Å². The summed E-state index contributed by atoms with van der Waals surface area (Å²) in [5, 5.41) is 0. The molecule has 4 heteroatoms. The van der Waals surface area contributed by atoms with Gasteiger partial charge in [0.1, 0.15) is 0 Å². The Morgan fingerprint density at radius 2 is 2.25 bits per heavy atom. The van der Waals surface area contributed by atoms with Crippen molar-refractivity contribution < 1.29 is 9.00 Å². The molecule has 0 N–H and O–H groups in total. The van der Waals surface area contributed by atoms with Crippen molar-refractivity contribution in [2.24, 2.45) is 0 Å². The molecule has 0 aliphatic heterocycles. The van der Waals surface area contributed by atoms with Crippen LogP contribution in [0.5, 0.6) is 0 Å². The molecule has 2 atom stereocenters. The van der Waals surface area contributed by atoms with Crippen LogP contribution < -0.4 is 0 Å². The number of fused-ring (bicyclic) bond motifs is 1. The third-order valence-corrected chi connectivity index (χ3v) is 4.04. The molecule has 0 amide bonds. The van der Waals surface area contributed by atoms with E-state index < -0.39 is 10.8 Å². The Morgan fingerprint density at radius 1 is 1.50 bits per heavy atom. The number of aromatic nitrogens is 1. The van der Waals surface area contributed by atoms with Crippen LogP contribution in [0.1, 0.15) is 41.9 Å². The van der Waals surface area contributed by atoms with E-state index in [1.165, 1.54) is 0 Å². The van der Waals surface area contributed by atoms with Gasteiger partial charge in [-0.1, -0.05) is 0 Å². The second kappa shape index (κ2) is 4.53. The fourth-order valence-corrected chi connectivity index (χ4v) is 3.22.